The van der Waals surface area contributed by atoms with E-state index in [0.29, 0.717) is 24.7 Å². The van der Waals surface area contributed by atoms with Crippen LogP contribution < -0.4 is 9.47 Å². The zero-order chi connectivity index (χ0) is 24.9. The summed E-state index contributed by atoms with van der Waals surface area (Å²) in [5, 5.41) is 19.5. The van der Waals surface area contributed by atoms with Crippen LogP contribution >= 0.6 is 0 Å². The molecule has 0 saturated carbocycles. The smallest absolute Gasteiger partial charge is 0.139 e. The lowest BCUT2D eigenvalue weighted by Crippen LogP contribution is -2.11. The molecule has 3 aromatic rings. The predicted molar refractivity (Wildman–Crippen MR) is 135 cm³/mol. The summed E-state index contributed by atoms with van der Waals surface area (Å²) >= 11 is 0. The number of hydrogen-bond acceptors (Lipinski definition) is 4. The highest BCUT2D eigenvalue weighted by atomic mass is 16.5. The molecule has 0 bridgehead atoms. The Bertz CT molecular complexity index is 1120. The van der Waals surface area contributed by atoms with Crippen LogP contribution in [0, 0.1) is 22.7 Å². The molecule has 0 atom stereocenters. The standard InChI is InChI=1S/C30H32N2O2/c1-29(2,3)23-11-7-21(8-12-23)19-33-27-15-16-28(26(18-32)25(27)17-31)34-20-22-9-13-24(14-10-22)30(4,5)6/h7-16H,19-20H2,1-6H3. The Morgan fingerprint density at radius 2 is 0.882 bits per heavy atom. The Kier molecular flexibility index (Phi) is 7.33. The molecule has 4 nitrogen and oxygen atoms in total. The molecule has 0 radical (unpaired) electrons. The summed E-state index contributed by atoms with van der Waals surface area (Å²) in [6.07, 6.45) is 0. The number of nitriles is 2. The van der Waals surface area contributed by atoms with Crippen molar-refractivity contribution in [1.29, 1.82) is 10.5 Å². The summed E-state index contributed by atoms with van der Waals surface area (Å²) in [6, 6.07) is 24.1. The maximum absolute atomic E-state index is 9.73. The Balaban J connectivity index is 1.73. The molecule has 0 unspecified atom stereocenters. The van der Waals surface area contributed by atoms with Gasteiger partial charge in [-0.15, -0.1) is 0 Å². The van der Waals surface area contributed by atoms with Crippen LogP contribution in [0.5, 0.6) is 11.5 Å². The maximum atomic E-state index is 9.73. The van der Waals surface area contributed by atoms with Gasteiger partial charge in [0.15, 0.2) is 0 Å². The Hall–Kier alpha value is -3.76. The summed E-state index contributed by atoms with van der Waals surface area (Å²) in [5.41, 5.74) is 5.03. The van der Waals surface area contributed by atoms with E-state index < -0.39 is 0 Å². The van der Waals surface area contributed by atoms with Crippen LogP contribution in [-0.2, 0) is 24.0 Å². The fourth-order valence-corrected chi connectivity index (χ4v) is 3.55. The number of hydrogen-bond donors (Lipinski definition) is 0. The third kappa shape index (κ3) is 5.97. The normalized spacial score (nSPS) is 11.4. The number of benzene rings is 3. The first kappa shape index (κ1) is 24.9. The zero-order valence-electron chi connectivity index (χ0n) is 20.9. The summed E-state index contributed by atoms with van der Waals surface area (Å²) < 4.78 is 11.8. The topological polar surface area (TPSA) is 66.0 Å². The summed E-state index contributed by atoms with van der Waals surface area (Å²) in [5.74, 6) is 0.752. The first-order chi connectivity index (χ1) is 16.0. The number of nitrogens with zero attached hydrogens (tertiary/aromatic N) is 2. The van der Waals surface area contributed by atoms with Crippen LogP contribution in [0.3, 0.4) is 0 Å². The van der Waals surface area contributed by atoms with Crippen molar-refractivity contribution in [2.24, 2.45) is 0 Å². The molecule has 0 aliphatic carbocycles. The van der Waals surface area contributed by atoms with E-state index in [1.165, 1.54) is 11.1 Å². The Labute approximate surface area is 203 Å². The Morgan fingerprint density at radius 3 is 1.15 bits per heavy atom. The molecule has 0 aliphatic rings. The lowest BCUT2D eigenvalue weighted by molar-refractivity contribution is 0.295. The molecular formula is C30H32N2O2. The SMILES string of the molecule is CC(C)(C)c1ccc(COc2ccc(OCc3ccc(C(C)(C)C)cc3)c(C#N)c2C#N)cc1. The molecule has 0 heterocycles. The van der Waals surface area contributed by atoms with Gasteiger partial charge in [0.1, 0.15) is 48.0 Å². The second kappa shape index (κ2) is 10.0. The molecule has 0 fully saturated rings. The van der Waals surface area contributed by atoms with Gasteiger partial charge in [0.2, 0.25) is 0 Å². The van der Waals surface area contributed by atoms with Gasteiger partial charge >= 0.3 is 0 Å². The Morgan fingerprint density at radius 1 is 0.559 bits per heavy atom. The van der Waals surface area contributed by atoms with Crippen LogP contribution in [0.1, 0.15) is 74.9 Å². The second-order valence-electron chi connectivity index (χ2n) is 10.5. The molecule has 0 amide bonds. The molecular weight excluding hydrogens is 420 g/mol. The quantitative estimate of drug-likeness (QED) is 0.397. The van der Waals surface area contributed by atoms with Crippen molar-refractivity contribution >= 4 is 0 Å². The van der Waals surface area contributed by atoms with Crippen LogP contribution in [0.2, 0.25) is 0 Å². The van der Waals surface area contributed by atoms with Crippen LogP contribution in [0.4, 0.5) is 0 Å². The molecule has 34 heavy (non-hydrogen) atoms. The molecule has 3 rings (SSSR count). The molecule has 174 valence electrons. The van der Waals surface area contributed by atoms with Crippen molar-refractivity contribution in [1.82, 2.24) is 0 Å². The van der Waals surface area contributed by atoms with E-state index in [4.69, 9.17) is 9.47 Å². The first-order valence-electron chi connectivity index (χ1n) is 11.4. The van der Waals surface area contributed by atoms with Crippen molar-refractivity contribution in [2.45, 2.75) is 65.6 Å². The van der Waals surface area contributed by atoms with Crippen molar-refractivity contribution in [3.8, 4) is 23.6 Å². The average Bonchev–Trinajstić information content (AvgIpc) is 2.80. The van der Waals surface area contributed by atoms with E-state index in [9.17, 15) is 10.5 Å². The van der Waals surface area contributed by atoms with Gasteiger partial charge in [-0.2, -0.15) is 10.5 Å². The fourth-order valence-electron chi connectivity index (χ4n) is 3.55. The number of rotatable bonds is 6. The fraction of sp³-hybridized carbons (Fsp3) is 0.333. The van der Waals surface area contributed by atoms with E-state index in [0.717, 1.165) is 11.1 Å². The molecule has 0 spiro atoms. The highest BCUT2D eigenvalue weighted by Gasteiger charge is 2.17. The third-order valence-electron chi connectivity index (χ3n) is 5.78. The predicted octanol–water partition coefficient (Wildman–Crippen LogP) is 7.18. The van der Waals surface area contributed by atoms with Gasteiger partial charge in [0.25, 0.3) is 0 Å². The van der Waals surface area contributed by atoms with E-state index in [2.05, 4.69) is 77.9 Å². The highest BCUT2D eigenvalue weighted by Crippen LogP contribution is 2.31. The minimum atomic E-state index is 0.0829. The van der Waals surface area contributed by atoms with Crippen LogP contribution in [0.15, 0.2) is 60.7 Å². The van der Waals surface area contributed by atoms with Gasteiger partial charge in [0, 0.05) is 0 Å². The lowest BCUT2D eigenvalue weighted by atomic mass is 9.87. The van der Waals surface area contributed by atoms with Gasteiger partial charge < -0.3 is 9.47 Å². The number of ether oxygens (including phenoxy) is 2. The second-order valence-corrected chi connectivity index (χ2v) is 10.5. The van der Waals surface area contributed by atoms with Crippen molar-refractivity contribution < 1.29 is 9.47 Å². The monoisotopic (exact) mass is 452 g/mol. The van der Waals surface area contributed by atoms with Crippen molar-refractivity contribution in [3.63, 3.8) is 0 Å². The molecule has 0 N–H and O–H groups in total. The molecule has 0 aliphatic heterocycles. The van der Waals surface area contributed by atoms with Crippen molar-refractivity contribution in [2.75, 3.05) is 0 Å². The first-order valence-corrected chi connectivity index (χ1v) is 11.4. The molecule has 3 aromatic carbocycles. The average molecular weight is 453 g/mol. The summed E-state index contributed by atoms with van der Waals surface area (Å²) in [4.78, 5) is 0. The largest absolute Gasteiger partial charge is 0.487 e. The van der Waals surface area contributed by atoms with E-state index in [1.54, 1.807) is 12.1 Å². The van der Waals surface area contributed by atoms with Crippen molar-refractivity contribution in [3.05, 3.63) is 94.0 Å². The van der Waals surface area contributed by atoms with Crippen LogP contribution in [-0.4, -0.2) is 0 Å². The van der Waals surface area contributed by atoms with Gasteiger partial charge in [-0.25, -0.2) is 0 Å². The molecule has 0 aromatic heterocycles. The van der Waals surface area contributed by atoms with Gasteiger partial charge in [-0.1, -0.05) is 90.1 Å². The minimum Gasteiger partial charge on any atom is -0.487 e. The van der Waals surface area contributed by atoms with Gasteiger partial charge in [-0.3, -0.25) is 0 Å². The minimum absolute atomic E-state index is 0.0829. The lowest BCUT2D eigenvalue weighted by Gasteiger charge is -2.19. The molecule has 4 heteroatoms. The van der Waals surface area contributed by atoms with E-state index in [-0.39, 0.29) is 22.0 Å². The van der Waals surface area contributed by atoms with Crippen LogP contribution in [0.25, 0.3) is 0 Å². The van der Waals surface area contributed by atoms with Gasteiger partial charge in [0.05, 0.1) is 0 Å². The summed E-state index contributed by atoms with van der Waals surface area (Å²) in [7, 11) is 0. The van der Waals surface area contributed by atoms with Gasteiger partial charge in [-0.05, 0) is 45.2 Å². The summed E-state index contributed by atoms with van der Waals surface area (Å²) in [6.45, 7) is 13.7. The highest BCUT2D eigenvalue weighted by molar-refractivity contribution is 5.60. The zero-order valence-corrected chi connectivity index (χ0v) is 20.9. The maximum Gasteiger partial charge on any atom is 0.139 e. The third-order valence-corrected chi connectivity index (χ3v) is 5.78. The van der Waals surface area contributed by atoms with E-state index >= 15 is 0 Å². The van der Waals surface area contributed by atoms with E-state index in [1.807, 2.05) is 24.3 Å². The molecule has 0 saturated heterocycles.